The van der Waals surface area contributed by atoms with E-state index in [1.54, 1.807) is 19.5 Å². The van der Waals surface area contributed by atoms with E-state index in [2.05, 4.69) is 109 Å². The molecule has 0 atom stereocenters. The molecule has 3 aromatic carbocycles. The summed E-state index contributed by atoms with van der Waals surface area (Å²) in [4.78, 5) is 6.33. The average Bonchev–Trinajstić information content (AvgIpc) is 3.93. The van der Waals surface area contributed by atoms with Crippen molar-refractivity contribution in [2.45, 2.75) is 156 Å². The summed E-state index contributed by atoms with van der Waals surface area (Å²) in [5.41, 5.74) is 0. The van der Waals surface area contributed by atoms with Gasteiger partial charge in [-0.25, -0.2) is 0 Å². The highest BCUT2D eigenvalue weighted by atomic mass is 32.1. The highest BCUT2D eigenvalue weighted by molar-refractivity contribution is 7.23. The Hall–Kier alpha value is -1.98. The Morgan fingerprint density at radius 1 is 0.280 bits per heavy atom. The van der Waals surface area contributed by atoms with Crippen LogP contribution >= 0.6 is 45.3 Å². The Labute approximate surface area is 317 Å². The molecule has 0 saturated heterocycles. The maximum absolute atomic E-state index is 2.66. The molecule has 0 radical (unpaired) electrons. The lowest BCUT2D eigenvalue weighted by atomic mass is 9.97. The zero-order chi connectivity index (χ0) is 34.5. The van der Waals surface area contributed by atoms with Crippen molar-refractivity contribution in [3.05, 3.63) is 55.9 Å². The molecule has 0 N–H and O–H groups in total. The van der Waals surface area contributed by atoms with E-state index in [0.29, 0.717) is 0 Å². The van der Waals surface area contributed by atoms with E-state index >= 15 is 0 Å². The molecule has 0 saturated carbocycles. The van der Waals surface area contributed by atoms with Gasteiger partial charge in [0, 0.05) is 81.4 Å². The van der Waals surface area contributed by atoms with Crippen LogP contribution < -0.4 is 0 Å². The molecule has 4 heterocycles. The first-order valence-corrected chi connectivity index (χ1v) is 23.6. The standard InChI is InChI=1S/C46H58S4/c1-5-9-13-17-21-31-25-35-36-26-32(22-18-14-10-6-2)48-44(36)40-30-42-41(29-39(40)43(35)47-31)45-37(27-33(49-45)23-19-15-11-7-3)38-28-34(50-46(38)42)24-20-16-12-8-4/h25-30H,5-24H2,1-4H3. The lowest BCUT2D eigenvalue weighted by molar-refractivity contribution is 0.670. The van der Waals surface area contributed by atoms with Gasteiger partial charge in [-0.2, -0.15) is 0 Å². The molecule has 0 aliphatic carbocycles. The first-order valence-electron chi connectivity index (χ1n) is 20.3. The van der Waals surface area contributed by atoms with Gasteiger partial charge in [0.05, 0.1) is 0 Å². The van der Waals surface area contributed by atoms with Crippen molar-refractivity contribution in [1.29, 1.82) is 0 Å². The maximum Gasteiger partial charge on any atom is 0.0431 e. The van der Waals surface area contributed by atoms with Gasteiger partial charge in [0.2, 0.25) is 0 Å². The predicted molar refractivity (Wildman–Crippen MR) is 234 cm³/mol. The molecular weight excluding hydrogens is 681 g/mol. The Kier molecular flexibility index (Phi) is 12.5. The van der Waals surface area contributed by atoms with E-state index in [-0.39, 0.29) is 0 Å². The van der Waals surface area contributed by atoms with Gasteiger partial charge in [-0.05, 0) is 87.8 Å². The molecule has 7 rings (SSSR count). The van der Waals surface area contributed by atoms with Crippen molar-refractivity contribution in [3.8, 4) is 0 Å². The molecule has 4 aromatic heterocycles. The molecular formula is C46H58S4. The van der Waals surface area contributed by atoms with E-state index in [0.717, 1.165) is 0 Å². The highest BCUT2D eigenvalue weighted by Gasteiger charge is 2.20. The minimum Gasteiger partial charge on any atom is -0.140 e. The van der Waals surface area contributed by atoms with Crippen molar-refractivity contribution < 1.29 is 0 Å². The van der Waals surface area contributed by atoms with E-state index in [4.69, 9.17) is 0 Å². The van der Waals surface area contributed by atoms with Gasteiger partial charge in [0.1, 0.15) is 0 Å². The lowest BCUT2D eigenvalue weighted by Crippen LogP contribution is -1.81. The number of aryl methyl sites for hydroxylation is 4. The van der Waals surface area contributed by atoms with Crippen molar-refractivity contribution in [2.75, 3.05) is 0 Å². The minimum absolute atomic E-state index is 1.22. The molecule has 7 aromatic rings. The fraction of sp³-hybridized carbons (Fsp3) is 0.522. The Bertz CT molecular complexity index is 1870. The van der Waals surface area contributed by atoms with Gasteiger partial charge in [-0.3, -0.25) is 0 Å². The van der Waals surface area contributed by atoms with Crippen LogP contribution in [0, 0.1) is 0 Å². The zero-order valence-electron chi connectivity index (χ0n) is 31.2. The van der Waals surface area contributed by atoms with Gasteiger partial charge in [-0.15, -0.1) is 45.3 Å². The SMILES string of the molecule is CCCCCCc1cc2c3cc(CCCCCC)sc3c3cc4c(cc3c2s1)c1sc(CCCCCC)cc1c1cc(CCCCCC)sc14. The molecule has 4 heteroatoms. The van der Waals surface area contributed by atoms with Gasteiger partial charge in [0.25, 0.3) is 0 Å². The first kappa shape index (κ1) is 36.4. The number of unbranched alkanes of at least 4 members (excludes halogenated alkanes) is 12. The van der Waals surface area contributed by atoms with Crippen molar-refractivity contribution >= 4 is 107 Å². The number of fused-ring (bicyclic) bond motifs is 12. The van der Waals surface area contributed by atoms with Gasteiger partial charge >= 0.3 is 0 Å². The lowest BCUT2D eigenvalue weighted by Gasteiger charge is -2.09. The smallest absolute Gasteiger partial charge is 0.0431 e. The normalized spacial score (nSPS) is 12.4. The van der Waals surface area contributed by atoms with Crippen LogP contribution in [0.4, 0.5) is 0 Å². The fourth-order valence-corrected chi connectivity index (χ4v) is 13.1. The fourth-order valence-electron chi connectivity index (χ4n) is 8.12. The summed E-state index contributed by atoms with van der Waals surface area (Å²) in [5, 5.41) is 12.1. The molecule has 0 aliphatic rings. The summed E-state index contributed by atoms with van der Waals surface area (Å²) >= 11 is 8.40. The molecule has 0 fully saturated rings. The largest absolute Gasteiger partial charge is 0.140 e. The summed E-state index contributed by atoms with van der Waals surface area (Å²) in [5.74, 6) is 0. The molecule has 0 amide bonds. The Morgan fingerprint density at radius 3 is 0.720 bits per heavy atom. The van der Waals surface area contributed by atoms with Crippen LogP contribution in [0.25, 0.3) is 61.9 Å². The third-order valence-electron chi connectivity index (χ3n) is 11.0. The third-order valence-corrected chi connectivity index (χ3v) is 15.9. The van der Waals surface area contributed by atoms with Gasteiger partial charge in [0.15, 0.2) is 0 Å². The second kappa shape index (κ2) is 17.2. The average molecular weight is 739 g/mol. The minimum atomic E-state index is 1.22. The zero-order valence-corrected chi connectivity index (χ0v) is 34.5. The summed E-state index contributed by atoms with van der Waals surface area (Å²) in [6, 6.07) is 15.7. The molecule has 50 heavy (non-hydrogen) atoms. The summed E-state index contributed by atoms with van der Waals surface area (Å²) < 4.78 is 6.12. The van der Waals surface area contributed by atoms with Crippen LogP contribution in [0.5, 0.6) is 0 Å². The summed E-state index contributed by atoms with van der Waals surface area (Å²) in [7, 11) is 0. The van der Waals surface area contributed by atoms with Crippen molar-refractivity contribution in [1.82, 2.24) is 0 Å². The number of thiophene rings is 4. The predicted octanol–water partition coefficient (Wildman–Crippen LogP) is 17.3. The van der Waals surface area contributed by atoms with Crippen molar-refractivity contribution in [2.24, 2.45) is 0 Å². The highest BCUT2D eigenvalue weighted by Crippen LogP contribution is 2.49. The quantitative estimate of drug-likeness (QED) is 0.0539. The van der Waals surface area contributed by atoms with E-state index in [1.807, 2.05) is 0 Å². The van der Waals surface area contributed by atoms with Gasteiger partial charge in [-0.1, -0.05) is 105 Å². The van der Waals surface area contributed by atoms with Crippen molar-refractivity contribution in [3.63, 3.8) is 0 Å². The number of hydrogen-bond acceptors (Lipinski definition) is 4. The van der Waals surface area contributed by atoms with Gasteiger partial charge < -0.3 is 0 Å². The van der Waals surface area contributed by atoms with Crippen LogP contribution in [0.1, 0.15) is 150 Å². The second-order valence-electron chi connectivity index (χ2n) is 15.0. The van der Waals surface area contributed by atoms with Crippen LogP contribution in [-0.2, 0) is 25.7 Å². The Balaban J connectivity index is 1.42. The van der Waals surface area contributed by atoms with E-state index in [9.17, 15) is 0 Å². The number of benzene rings is 3. The Morgan fingerprint density at radius 2 is 0.500 bits per heavy atom. The third kappa shape index (κ3) is 7.71. The molecule has 0 unspecified atom stereocenters. The van der Waals surface area contributed by atoms with Crippen LogP contribution in [0.2, 0.25) is 0 Å². The topological polar surface area (TPSA) is 0 Å². The summed E-state index contributed by atoms with van der Waals surface area (Å²) in [6.45, 7) is 9.28. The number of hydrogen-bond donors (Lipinski definition) is 0. The van der Waals surface area contributed by atoms with Crippen LogP contribution in [0.3, 0.4) is 0 Å². The van der Waals surface area contributed by atoms with Crippen LogP contribution in [0.15, 0.2) is 36.4 Å². The molecule has 0 bridgehead atoms. The number of rotatable bonds is 20. The summed E-state index contributed by atoms with van der Waals surface area (Å²) in [6.07, 6.45) is 26.1. The maximum atomic E-state index is 2.66. The van der Waals surface area contributed by atoms with Crippen LogP contribution in [-0.4, -0.2) is 0 Å². The van der Waals surface area contributed by atoms with E-state index in [1.165, 1.54) is 190 Å². The molecule has 0 spiro atoms. The molecule has 0 nitrogen and oxygen atoms in total. The molecule has 266 valence electrons. The molecule has 0 aliphatic heterocycles. The monoisotopic (exact) mass is 738 g/mol. The van der Waals surface area contributed by atoms with E-state index < -0.39 is 0 Å². The second-order valence-corrected chi connectivity index (χ2v) is 19.6. The first-order chi connectivity index (χ1) is 24.6.